The first kappa shape index (κ1) is 22.7. The SMILES string of the molecule is CCOP(=O)(C/C(=C\CCCSc1ncccc1O)C(=O)[O-])CC(C)C. The van der Waals surface area contributed by atoms with Gasteiger partial charge in [-0.1, -0.05) is 19.9 Å². The van der Waals surface area contributed by atoms with Crippen molar-refractivity contribution in [2.75, 3.05) is 24.7 Å². The second-order valence-corrected chi connectivity index (χ2v) is 9.95. The molecule has 1 unspecified atom stereocenters. The molecule has 1 aromatic rings. The quantitative estimate of drug-likeness (QED) is 0.249. The van der Waals surface area contributed by atoms with Crippen LogP contribution in [-0.2, 0) is 13.9 Å². The van der Waals surface area contributed by atoms with Crippen LogP contribution in [0.3, 0.4) is 0 Å². The topological polar surface area (TPSA) is 99.6 Å². The summed E-state index contributed by atoms with van der Waals surface area (Å²) in [5.74, 6) is -0.340. The van der Waals surface area contributed by atoms with Crippen molar-refractivity contribution >= 4 is 25.1 Å². The fourth-order valence-electron chi connectivity index (χ4n) is 2.45. The van der Waals surface area contributed by atoms with Crippen LogP contribution < -0.4 is 5.11 Å². The number of carboxylic acid groups (broad SMARTS) is 1. The van der Waals surface area contributed by atoms with Crippen molar-refractivity contribution in [3.8, 4) is 5.75 Å². The molecular weight excluding hydrogens is 373 g/mol. The zero-order valence-electron chi connectivity index (χ0n) is 15.5. The fraction of sp³-hybridized carbons (Fsp3) is 0.556. The number of pyridine rings is 1. The van der Waals surface area contributed by atoms with Gasteiger partial charge >= 0.3 is 0 Å². The maximum absolute atomic E-state index is 12.9. The average Bonchev–Trinajstić information content (AvgIpc) is 2.54. The molecule has 146 valence electrons. The highest BCUT2D eigenvalue weighted by Crippen LogP contribution is 2.49. The molecule has 1 N–H and O–H groups in total. The Morgan fingerprint density at radius 2 is 2.23 bits per heavy atom. The van der Waals surface area contributed by atoms with Crippen molar-refractivity contribution in [3.05, 3.63) is 30.0 Å². The van der Waals surface area contributed by atoms with E-state index in [9.17, 15) is 19.6 Å². The number of carbonyl (C=O) groups excluding carboxylic acids is 1. The van der Waals surface area contributed by atoms with Gasteiger partial charge in [0.05, 0.1) is 18.7 Å². The Morgan fingerprint density at radius 3 is 2.81 bits per heavy atom. The van der Waals surface area contributed by atoms with Crippen LogP contribution in [0.4, 0.5) is 0 Å². The molecule has 0 amide bonds. The number of rotatable bonds is 12. The van der Waals surface area contributed by atoms with E-state index in [1.807, 2.05) is 13.8 Å². The molecule has 1 aromatic heterocycles. The number of unbranched alkanes of at least 4 members (excludes halogenated alkanes) is 1. The summed E-state index contributed by atoms with van der Waals surface area (Å²) in [7, 11) is -3.03. The minimum Gasteiger partial charge on any atom is -0.545 e. The molecule has 1 atom stereocenters. The van der Waals surface area contributed by atoms with Gasteiger partial charge in [-0.3, -0.25) is 4.57 Å². The van der Waals surface area contributed by atoms with Gasteiger partial charge in [-0.05, 0) is 49.1 Å². The van der Waals surface area contributed by atoms with Gasteiger partial charge in [-0.25, -0.2) is 4.98 Å². The highest BCUT2D eigenvalue weighted by atomic mass is 32.2. The van der Waals surface area contributed by atoms with E-state index in [-0.39, 0.29) is 30.0 Å². The van der Waals surface area contributed by atoms with E-state index in [1.165, 1.54) is 11.8 Å². The van der Waals surface area contributed by atoms with E-state index in [0.717, 1.165) is 0 Å². The number of nitrogens with zero attached hydrogens (tertiary/aromatic N) is 1. The number of carboxylic acids is 1. The van der Waals surface area contributed by atoms with Crippen LogP contribution in [0.2, 0.25) is 0 Å². The molecule has 1 heterocycles. The van der Waals surface area contributed by atoms with E-state index in [1.54, 1.807) is 31.3 Å². The summed E-state index contributed by atoms with van der Waals surface area (Å²) in [6, 6.07) is 3.23. The Kier molecular flexibility index (Phi) is 9.99. The number of hydrogen-bond donors (Lipinski definition) is 1. The first-order valence-corrected chi connectivity index (χ1v) is 11.6. The molecule has 0 saturated carbocycles. The van der Waals surface area contributed by atoms with Gasteiger partial charge < -0.3 is 19.5 Å². The van der Waals surface area contributed by atoms with Crippen LogP contribution in [0.1, 0.15) is 33.6 Å². The number of aliphatic carboxylic acids is 1. The van der Waals surface area contributed by atoms with Crippen molar-refractivity contribution in [1.29, 1.82) is 0 Å². The summed E-state index contributed by atoms with van der Waals surface area (Å²) in [6.45, 7) is 5.89. The molecule has 0 aromatic carbocycles. The zero-order chi connectivity index (χ0) is 19.6. The number of aromatic nitrogens is 1. The van der Waals surface area contributed by atoms with Gasteiger partial charge in [-0.15, -0.1) is 11.8 Å². The maximum atomic E-state index is 12.9. The Morgan fingerprint density at radius 1 is 1.50 bits per heavy atom. The normalized spacial score (nSPS) is 14.4. The molecule has 0 aliphatic carbocycles. The Balaban J connectivity index is 2.61. The maximum Gasteiger partial charge on any atom is 0.207 e. The predicted molar refractivity (Wildman–Crippen MR) is 103 cm³/mol. The van der Waals surface area contributed by atoms with Crippen LogP contribution in [0.25, 0.3) is 0 Å². The fourth-order valence-corrected chi connectivity index (χ4v) is 5.99. The van der Waals surface area contributed by atoms with Crippen LogP contribution in [0.5, 0.6) is 5.75 Å². The minimum absolute atomic E-state index is 0.0353. The largest absolute Gasteiger partial charge is 0.545 e. The smallest absolute Gasteiger partial charge is 0.207 e. The standard InChI is InChI=1S/C18H28NO5PS/c1-4-24-25(23,12-14(2)3)13-15(18(21)22)8-5-6-11-26-17-16(20)9-7-10-19-17/h7-10,14,20H,4-6,11-13H2,1-3H3,(H,21,22)/p-1/b15-8+. The van der Waals surface area contributed by atoms with E-state index in [0.29, 0.717) is 29.8 Å². The lowest BCUT2D eigenvalue weighted by Crippen LogP contribution is -2.27. The Labute approximate surface area is 159 Å². The number of thioether (sulfide) groups is 1. The van der Waals surface area contributed by atoms with Gasteiger partial charge in [0.1, 0.15) is 10.8 Å². The number of carbonyl (C=O) groups is 1. The summed E-state index contributed by atoms with van der Waals surface area (Å²) in [4.78, 5) is 15.5. The lowest BCUT2D eigenvalue weighted by atomic mass is 10.2. The molecule has 0 fully saturated rings. The lowest BCUT2D eigenvalue weighted by molar-refractivity contribution is -0.299. The summed E-state index contributed by atoms with van der Waals surface area (Å²) < 4.78 is 18.3. The predicted octanol–water partition coefficient (Wildman–Crippen LogP) is 3.31. The first-order valence-electron chi connectivity index (χ1n) is 8.67. The molecule has 0 radical (unpaired) electrons. The Hall–Kier alpha value is -1.30. The molecular formula is C18H27NO5PS-. The molecule has 1 rings (SSSR count). The third-order valence-electron chi connectivity index (χ3n) is 3.41. The molecule has 0 bridgehead atoms. The first-order chi connectivity index (χ1) is 12.3. The van der Waals surface area contributed by atoms with E-state index in [4.69, 9.17) is 4.52 Å². The van der Waals surface area contributed by atoms with Crippen molar-refractivity contribution in [3.63, 3.8) is 0 Å². The van der Waals surface area contributed by atoms with Crippen LogP contribution in [0.15, 0.2) is 35.0 Å². The minimum atomic E-state index is -3.03. The highest BCUT2D eigenvalue weighted by molar-refractivity contribution is 7.99. The van der Waals surface area contributed by atoms with Crippen LogP contribution >= 0.6 is 19.1 Å². The number of aromatic hydroxyl groups is 1. The molecule has 0 aliphatic rings. The highest BCUT2D eigenvalue weighted by Gasteiger charge is 2.26. The van der Waals surface area contributed by atoms with Gasteiger partial charge in [-0.2, -0.15) is 0 Å². The number of allylic oxidation sites excluding steroid dienone is 1. The van der Waals surface area contributed by atoms with Gasteiger partial charge in [0.2, 0.25) is 7.37 Å². The van der Waals surface area contributed by atoms with Crippen molar-refractivity contribution in [2.45, 2.75) is 38.6 Å². The van der Waals surface area contributed by atoms with Gasteiger partial charge in [0, 0.05) is 12.4 Å². The average molecular weight is 400 g/mol. The monoisotopic (exact) mass is 400 g/mol. The Bertz CT molecular complexity index is 663. The lowest BCUT2D eigenvalue weighted by Gasteiger charge is -2.21. The van der Waals surface area contributed by atoms with Crippen molar-refractivity contribution < 1.29 is 24.1 Å². The van der Waals surface area contributed by atoms with Crippen molar-refractivity contribution in [1.82, 2.24) is 4.98 Å². The van der Waals surface area contributed by atoms with Crippen molar-refractivity contribution in [2.24, 2.45) is 5.92 Å². The number of hydrogen-bond acceptors (Lipinski definition) is 7. The molecule has 0 saturated heterocycles. The summed E-state index contributed by atoms with van der Waals surface area (Å²) >= 11 is 1.40. The molecule has 0 aliphatic heterocycles. The summed E-state index contributed by atoms with van der Waals surface area (Å²) in [6.07, 6.45) is 4.63. The van der Waals surface area contributed by atoms with Gasteiger partial charge in [0.15, 0.2) is 0 Å². The third kappa shape index (κ3) is 8.39. The molecule has 0 spiro atoms. The van der Waals surface area contributed by atoms with E-state index in [2.05, 4.69) is 4.98 Å². The molecule has 6 nitrogen and oxygen atoms in total. The molecule has 26 heavy (non-hydrogen) atoms. The second kappa shape index (κ2) is 11.4. The third-order valence-corrected chi connectivity index (χ3v) is 7.33. The second-order valence-electron chi connectivity index (χ2n) is 6.30. The van der Waals surface area contributed by atoms with Crippen LogP contribution in [-0.4, -0.2) is 40.7 Å². The zero-order valence-corrected chi connectivity index (χ0v) is 17.2. The molecule has 8 heteroatoms. The van der Waals surface area contributed by atoms with Gasteiger partial charge in [0.25, 0.3) is 0 Å². The van der Waals surface area contributed by atoms with E-state index >= 15 is 0 Å². The summed E-state index contributed by atoms with van der Waals surface area (Å²) in [5, 5.41) is 21.6. The summed E-state index contributed by atoms with van der Waals surface area (Å²) in [5.41, 5.74) is 0.0353. The van der Waals surface area contributed by atoms with E-state index < -0.39 is 13.3 Å². The van der Waals surface area contributed by atoms with Crippen LogP contribution in [0, 0.1) is 5.92 Å².